The molecule has 94 valence electrons. The van der Waals surface area contributed by atoms with Crippen LogP contribution < -0.4 is 5.32 Å². The maximum absolute atomic E-state index is 12.0. The van der Waals surface area contributed by atoms with E-state index < -0.39 is 0 Å². The molecule has 1 aromatic carbocycles. The van der Waals surface area contributed by atoms with Gasteiger partial charge in [-0.05, 0) is 36.8 Å². The van der Waals surface area contributed by atoms with Gasteiger partial charge in [-0.25, -0.2) is 0 Å². The maximum atomic E-state index is 12.0. The van der Waals surface area contributed by atoms with Crippen LogP contribution in [0.15, 0.2) is 34.9 Å². The van der Waals surface area contributed by atoms with Gasteiger partial charge < -0.3 is 5.32 Å². The Kier molecular flexibility index (Phi) is 3.81. The minimum atomic E-state index is -0.0770. The molecule has 1 aromatic heterocycles. The van der Waals surface area contributed by atoms with Crippen molar-refractivity contribution in [3.63, 3.8) is 0 Å². The third-order valence-electron chi connectivity index (χ3n) is 2.77. The van der Waals surface area contributed by atoms with Crippen LogP contribution in [0.2, 0.25) is 0 Å². The van der Waals surface area contributed by atoms with Gasteiger partial charge in [0.15, 0.2) is 0 Å². The minimum absolute atomic E-state index is 0.0770. The van der Waals surface area contributed by atoms with Crippen LogP contribution in [-0.2, 0) is 13.6 Å². The van der Waals surface area contributed by atoms with Gasteiger partial charge in [-0.15, -0.1) is 0 Å². The molecule has 0 aliphatic carbocycles. The number of hydrogen-bond acceptors (Lipinski definition) is 2. The van der Waals surface area contributed by atoms with E-state index in [-0.39, 0.29) is 5.91 Å². The third kappa shape index (κ3) is 2.79. The van der Waals surface area contributed by atoms with Crippen LogP contribution in [0.25, 0.3) is 0 Å². The third-order valence-corrected chi connectivity index (χ3v) is 3.66. The fourth-order valence-electron chi connectivity index (χ4n) is 1.63. The summed E-state index contributed by atoms with van der Waals surface area (Å²) in [6, 6.07) is 7.43. The zero-order chi connectivity index (χ0) is 13.1. The lowest BCUT2D eigenvalue weighted by atomic mass is 10.1. The van der Waals surface area contributed by atoms with Gasteiger partial charge in [-0.2, -0.15) is 5.10 Å². The number of aryl methyl sites for hydroxylation is 2. The first kappa shape index (κ1) is 12.8. The van der Waals surface area contributed by atoms with E-state index in [4.69, 9.17) is 0 Å². The lowest BCUT2D eigenvalue weighted by molar-refractivity contribution is 0.0950. The molecule has 1 amide bonds. The van der Waals surface area contributed by atoms with Crippen molar-refractivity contribution in [2.24, 2.45) is 7.05 Å². The van der Waals surface area contributed by atoms with Crippen molar-refractivity contribution < 1.29 is 4.79 Å². The van der Waals surface area contributed by atoms with Gasteiger partial charge in [0.25, 0.3) is 5.91 Å². The highest BCUT2D eigenvalue weighted by Gasteiger charge is 2.07. The number of hydrogen-bond donors (Lipinski definition) is 1. The van der Waals surface area contributed by atoms with E-state index in [2.05, 4.69) is 26.3 Å². The molecule has 1 N–H and O–H groups in total. The van der Waals surface area contributed by atoms with Gasteiger partial charge in [0.05, 0.1) is 12.2 Å². The van der Waals surface area contributed by atoms with Gasteiger partial charge in [0.2, 0.25) is 0 Å². The van der Waals surface area contributed by atoms with Crippen LogP contribution in [0, 0.1) is 6.92 Å². The molecule has 2 aromatic rings. The number of amides is 1. The molecule has 0 radical (unpaired) electrons. The van der Waals surface area contributed by atoms with E-state index >= 15 is 0 Å². The summed E-state index contributed by atoms with van der Waals surface area (Å²) in [5.41, 5.74) is 2.68. The van der Waals surface area contributed by atoms with E-state index in [0.29, 0.717) is 12.1 Å². The Bertz CT molecular complexity index is 577. The highest BCUT2D eigenvalue weighted by molar-refractivity contribution is 9.10. The summed E-state index contributed by atoms with van der Waals surface area (Å²) in [7, 11) is 1.85. The molecule has 0 spiro atoms. The maximum Gasteiger partial charge on any atom is 0.251 e. The first-order chi connectivity index (χ1) is 8.58. The predicted octanol–water partition coefficient (Wildman–Crippen LogP) is 2.42. The summed E-state index contributed by atoms with van der Waals surface area (Å²) in [4.78, 5) is 12.0. The molecular weight excluding hydrogens is 294 g/mol. The summed E-state index contributed by atoms with van der Waals surface area (Å²) in [5.74, 6) is -0.0770. The van der Waals surface area contributed by atoms with Gasteiger partial charge in [-0.3, -0.25) is 9.48 Å². The molecule has 0 bridgehead atoms. The average Bonchev–Trinajstić information content (AvgIpc) is 2.75. The zero-order valence-electron chi connectivity index (χ0n) is 10.3. The van der Waals surface area contributed by atoms with Crippen LogP contribution >= 0.6 is 15.9 Å². The molecular formula is C13H14BrN3O. The lowest BCUT2D eigenvalue weighted by Gasteiger charge is -2.07. The highest BCUT2D eigenvalue weighted by atomic mass is 79.9. The van der Waals surface area contributed by atoms with Crippen molar-refractivity contribution in [2.75, 3.05) is 0 Å². The molecule has 4 nitrogen and oxygen atoms in total. The molecule has 2 rings (SSSR count). The Hall–Kier alpha value is -1.62. The molecule has 0 fully saturated rings. The number of nitrogens with zero attached hydrogens (tertiary/aromatic N) is 2. The SMILES string of the molecule is Cc1cc(C(=O)NCc2ccnn2C)ccc1Br. The molecule has 0 unspecified atom stereocenters. The molecule has 18 heavy (non-hydrogen) atoms. The van der Waals surface area contributed by atoms with Crippen LogP contribution in [0.1, 0.15) is 21.6 Å². The fraction of sp³-hybridized carbons (Fsp3) is 0.231. The van der Waals surface area contributed by atoms with E-state index in [1.165, 1.54) is 0 Å². The normalized spacial score (nSPS) is 10.4. The Morgan fingerprint density at radius 1 is 1.44 bits per heavy atom. The molecule has 1 heterocycles. The standard InChI is InChI=1S/C13H14BrN3O/c1-9-7-10(3-4-12(9)14)13(18)15-8-11-5-6-16-17(11)2/h3-7H,8H2,1-2H3,(H,15,18). The van der Waals surface area contributed by atoms with Crippen LogP contribution in [0.4, 0.5) is 0 Å². The number of benzene rings is 1. The molecule has 5 heteroatoms. The second-order valence-electron chi connectivity index (χ2n) is 4.09. The number of aromatic nitrogens is 2. The number of carbonyl (C=O) groups excluding carboxylic acids is 1. The fourth-order valence-corrected chi connectivity index (χ4v) is 1.88. The Balaban J connectivity index is 2.04. The summed E-state index contributed by atoms with van der Waals surface area (Å²) in [6.07, 6.45) is 1.71. The Morgan fingerprint density at radius 2 is 2.22 bits per heavy atom. The van der Waals surface area contributed by atoms with Crippen molar-refractivity contribution in [1.82, 2.24) is 15.1 Å². The second-order valence-corrected chi connectivity index (χ2v) is 4.95. The number of nitrogens with one attached hydrogen (secondary N) is 1. The largest absolute Gasteiger partial charge is 0.346 e. The van der Waals surface area contributed by atoms with E-state index in [9.17, 15) is 4.79 Å². The second kappa shape index (κ2) is 5.35. The summed E-state index contributed by atoms with van der Waals surface area (Å²) < 4.78 is 2.75. The lowest BCUT2D eigenvalue weighted by Crippen LogP contribution is -2.24. The van der Waals surface area contributed by atoms with Gasteiger partial charge >= 0.3 is 0 Å². The number of carbonyl (C=O) groups is 1. The summed E-state index contributed by atoms with van der Waals surface area (Å²) in [5, 5.41) is 6.93. The monoisotopic (exact) mass is 307 g/mol. The van der Waals surface area contributed by atoms with Crippen molar-refractivity contribution in [3.05, 3.63) is 51.8 Å². The molecule has 0 saturated heterocycles. The molecule has 0 atom stereocenters. The number of halogens is 1. The number of rotatable bonds is 3. The van der Waals surface area contributed by atoms with Crippen molar-refractivity contribution in [1.29, 1.82) is 0 Å². The Labute approximate surface area is 114 Å². The first-order valence-electron chi connectivity index (χ1n) is 5.59. The van der Waals surface area contributed by atoms with Crippen molar-refractivity contribution >= 4 is 21.8 Å². The predicted molar refractivity (Wildman–Crippen MR) is 73.3 cm³/mol. The summed E-state index contributed by atoms with van der Waals surface area (Å²) in [6.45, 7) is 2.44. The van der Waals surface area contributed by atoms with Crippen LogP contribution in [0.3, 0.4) is 0 Å². The van der Waals surface area contributed by atoms with E-state index in [1.807, 2.05) is 32.2 Å². The van der Waals surface area contributed by atoms with Crippen LogP contribution in [0.5, 0.6) is 0 Å². The average molecular weight is 308 g/mol. The van der Waals surface area contributed by atoms with Crippen molar-refractivity contribution in [2.45, 2.75) is 13.5 Å². The van der Waals surface area contributed by atoms with E-state index in [1.54, 1.807) is 16.9 Å². The van der Waals surface area contributed by atoms with Crippen molar-refractivity contribution in [3.8, 4) is 0 Å². The van der Waals surface area contributed by atoms with Gasteiger partial charge in [0.1, 0.15) is 0 Å². The Morgan fingerprint density at radius 3 is 2.83 bits per heavy atom. The quantitative estimate of drug-likeness (QED) is 0.946. The topological polar surface area (TPSA) is 46.9 Å². The highest BCUT2D eigenvalue weighted by Crippen LogP contribution is 2.17. The van der Waals surface area contributed by atoms with E-state index in [0.717, 1.165) is 15.7 Å². The molecule has 0 aliphatic heterocycles. The summed E-state index contributed by atoms with van der Waals surface area (Å²) >= 11 is 3.42. The minimum Gasteiger partial charge on any atom is -0.346 e. The smallest absolute Gasteiger partial charge is 0.251 e. The molecule has 0 saturated carbocycles. The van der Waals surface area contributed by atoms with Gasteiger partial charge in [-0.1, -0.05) is 15.9 Å². The zero-order valence-corrected chi connectivity index (χ0v) is 11.9. The molecule has 0 aliphatic rings. The van der Waals surface area contributed by atoms with Gasteiger partial charge in [0, 0.05) is 23.3 Å². The van der Waals surface area contributed by atoms with Crippen LogP contribution in [-0.4, -0.2) is 15.7 Å². The first-order valence-corrected chi connectivity index (χ1v) is 6.38.